The van der Waals surface area contributed by atoms with Gasteiger partial charge in [-0.15, -0.1) is 0 Å². The van der Waals surface area contributed by atoms with Crippen LogP contribution in [0.15, 0.2) is 12.1 Å². The molecule has 2 fully saturated rings. The van der Waals surface area contributed by atoms with Gasteiger partial charge in [-0.05, 0) is 43.6 Å². The van der Waals surface area contributed by atoms with Crippen molar-refractivity contribution >= 4 is 17.4 Å². The average Bonchev–Trinajstić information content (AvgIpc) is 2.76. The minimum atomic E-state index is -0.566. The van der Waals surface area contributed by atoms with Crippen LogP contribution in [0, 0.1) is 23.6 Å². The summed E-state index contributed by atoms with van der Waals surface area (Å²) in [6.07, 6.45) is 2.18. The van der Waals surface area contributed by atoms with Crippen LogP contribution < -0.4 is 4.74 Å². The normalized spacial score (nSPS) is 32.0. The van der Waals surface area contributed by atoms with Crippen molar-refractivity contribution in [1.82, 2.24) is 0 Å². The summed E-state index contributed by atoms with van der Waals surface area (Å²) in [5.74, 6) is 1.80. The summed E-state index contributed by atoms with van der Waals surface area (Å²) in [6.45, 7) is 3.58. The Morgan fingerprint density at radius 1 is 1.37 bits per heavy atom. The first-order valence-corrected chi connectivity index (χ1v) is 7.01. The molecule has 3 rings (SSSR count). The number of halogens is 2. The number of ether oxygens (including phenoxy) is 1. The van der Waals surface area contributed by atoms with Crippen LogP contribution in [-0.4, -0.2) is 11.9 Å². The molecule has 0 bridgehead atoms. The molecular weight excluding hydrogens is 267 g/mol. The fraction of sp³-hybridized carbons (Fsp3) is 0.533. The van der Waals surface area contributed by atoms with Gasteiger partial charge in [-0.25, -0.2) is 4.39 Å². The van der Waals surface area contributed by atoms with Crippen LogP contribution in [-0.2, 0) is 0 Å². The Morgan fingerprint density at radius 3 is 2.58 bits per heavy atom. The Hall–Kier alpha value is -1.09. The first-order valence-electron chi connectivity index (χ1n) is 6.64. The summed E-state index contributed by atoms with van der Waals surface area (Å²) in [7, 11) is 0. The van der Waals surface area contributed by atoms with E-state index in [1.54, 1.807) is 0 Å². The van der Waals surface area contributed by atoms with Crippen LogP contribution in [0.3, 0.4) is 0 Å². The standard InChI is InChI=1S/C15H16ClFO2/c1-7-10-3-9(4-11(7)10)19-15-6-14(17)12(8(2)18)5-13(15)16/h5-7,9-11H,3-4H2,1-2H3. The lowest BCUT2D eigenvalue weighted by Gasteiger charge is -2.17. The van der Waals surface area contributed by atoms with Crippen molar-refractivity contribution < 1.29 is 13.9 Å². The van der Waals surface area contributed by atoms with Gasteiger partial charge >= 0.3 is 0 Å². The van der Waals surface area contributed by atoms with Gasteiger partial charge in [0.05, 0.1) is 16.7 Å². The van der Waals surface area contributed by atoms with Gasteiger partial charge in [0.2, 0.25) is 0 Å². The molecule has 2 unspecified atom stereocenters. The van der Waals surface area contributed by atoms with Crippen LogP contribution in [0.4, 0.5) is 4.39 Å². The van der Waals surface area contributed by atoms with Crippen molar-refractivity contribution in [2.24, 2.45) is 17.8 Å². The molecule has 19 heavy (non-hydrogen) atoms. The SMILES string of the molecule is CC(=O)c1cc(Cl)c(OC2CC3C(C)C3C2)cc1F. The Morgan fingerprint density at radius 2 is 2.00 bits per heavy atom. The lowest BCUT2D eigenvalue weighted by atomic mass is 10.1. The molecule has 0 spiro atoms. The highest BCUT2D eigenvalue weighted by Gasteiger charge is 2.53. The number of fused-ring (bicyclic) bond motifs is 1. The maximum absolute atomic E-state index is 13.7. The number of ketones is 1. The highest BCUT2D eigenvalue weighted by Crippen LogP contribution is 2.57. The van der Waals surface area contributed by atoms with Crippen molar-refractivity contribution in [3.63, 3.8) is 0 Å². The molecule has 0 radical (unpaired) electrons. The number of hydrogen-bond donors (Lipinski definition) is 0. The van der Waals surface area contributed by atoms with E-state index in [-0.39, 0.29) is 17.5 Å². The van der Waals surface area contributed by atoms with E-state index in [1.165, 1.54) is 19.1 Å². The fourth-order valence-corrected chi connectivity index (χ4v) is 3.49. The van der Waals surface area contributed by atoms with E-state index in [9.17, 15) is 9.18 Å². The fourth-order valence-electron chi connectivity index (χ4n) is 3.28. The monoisotopic (exact) mass is 282 g/mol. The summed E-state index contributed by atoms with van der Waals surface area (Å²) in [5.41, 5.74) is 0.0141. The smallest absolute Gasteiger partial charge is 0.162 e. The second kappa shape index (κ2) is 4.48. The van der Waals surface area contributed by atoms with Gasteiger partial charge in [0.1, 0.15) is 11.6 Å². The van der Waals surface area contributed by atoms with Gasteiger partial charge in [-0.2, -0.15) is 0 Å². The quantitative estimate of drug-likeness (QED) is 0.780. The number of Topliss-reactive ketones (excluding diaryl/α,β-unsaturated/α-hetero) is 1. The third-order valence-electron chi connectivity index (χ3n) is 4.52. The zero-order valence-corrected chi connectivity index (χ0v) is 11.7. The molecule has 0 aliphatic heterocycles. The molecular formula is C15H16ClFO2. The number of hydrogen-bond acceptors (Lipinski definition) is 2. The van der Waals surface area contributed by atoms with Gasteiger partial charge in [-0.1, -0.05) is 18.5 Å². The molecule has 2 aliphatic rings. The molecule has 2 aliphatic carbocycles. The number of carbonyl (C=O) groups excluding carboxylic acids is 1. The average molecular weight is 283 g/mol. The Kier molecular flexibility index (Phi) is 3.05. The summed E-state index contributed by atoms with van der Waals surface area (Å²) < 4.78 is 19.5. The number of rotatable bonds is 3. The van der Waals surface area contributed by atoms with Crippen molar-refractivity contribution in [3.8, 4) is 5.75 Å². The molecule has 4 heteroatoms. The van der Waals surface area contributed by atoms with E-state index in [0.29, 0.717) is 10.8 Å². The van der Waals surface area contributed by atoms with Crippen molar-refractivity contribution in [3.05, 3.63) is 28.5 Å². The lowest BCUT2D eigenvalue weighted by molar-refractivity contribution is 0.101. The second-order valence-electron chi connectivity index (χ2n) is 5.72. The third kappa shape index (κ3) is 2.25. The first-order chi connectivity index (χ1) is 8.97. The van der Waals surface area contributed by atoms with E-state index in [1.807, 2.05) is 0 Å². The van der Waals surface area contributed by atoms with Gasteiger partial charge in [-0.3, -0.25) is 4.79 Å². The summed E-state index contributed by atoms with van der Waals surface area (Å²) >= 11 is 6.06. The predicted octanol–water partition coefficient (Wildman–Crippen LogP) is 4.11. The summed E-state index contributed by atoms with van der Waals surface area (Å²) in [6, 6.07) is 2.58. The van der Waals surface area contributed by atoms with Gasteiger partial charge in [0.15, 0.2) is 5.78 Å². The molecule has 0 saturated heterocycles. The number of carbonyl (C=O) groups is 1. The largest absolute Gasteiger partial charge is 0.489 e. The van der Waals surface area contributed by atoms with E-state index in [0.717, 1.165) is 30.6 Å². The minimum Gasteiger partial charge on any atom is -0.489 e. The van der Waals surface area contributed by atoms with Crippen LogP contribution in [0.2, 0.25) is 5.02 Å². The minimum absolute atomic E-state index is 0.0141. The number of benzene rings is 1. The van der Waals surface area contributed by atoms with Crippen LogP contribution >= 0.6 is 11.6 Å². The van der Waals surface area contributed by atoms with E-state index in [2.05, 4.69) is 6.92 Å². The molecule has 1 aromatic carbocycles. The van der Waals surface area contributed by atoms with E-state index < -0.39 is 5.82 Å². The highest BCUT2D eigenvalue weighted by atomic mass is 35.5. The lowest BCUT2D eigenvalue weighted by Crippen LogP contribution is -2.15. The second-order valence-corrected chi connectivity index (χ2v) is 6.12. The Bertz CT molecular complexity index is 531. The molecule has 0 N–H and O–H groups in total. The van der Waals surface area contributed by atoms with E-state index in [4.69, 9.17) is 16.3 Å². The van der Waals surface area contributed by atoms with Crippen LogP contribution in [0.25, 0.3) is 0 Å². The Balaban J connectivity index is 1.75. The van der Waals surface area contributed by atoms with Crippen LogP contribution in [0.5, 0.6) is 5.75 Å². The maximum Gasteiger partial charge on any atom is 0.162 e. The molecule has 1 aromatic rings. The summed E-state index contributed by atoms with van der Waals surface area (Å²) in [4.78, 5) is 11.2. The Labute approximate surface area is 116 Å². The summed E-state index contributed by atoms with van der Waals surface area (Å²) in [5, 5.41) is 0.306. The molecule has 0 aromatic heterocycles. The molecule has 2 saturated carbocycles. The molecule has 0 heterocycles. The van der Waals surface area contributed by atoms with E-state index >= 15 is 0 Å². The molecule has 2 nitrogen and oxygen atoms in total. The zero-order valence-electron chi connectivity index (χ0n) is 11.0. The van der Waals surface area contributed by atoms with Gasteiger partial charge in [0.25, 0.3) is 0 Å². The van der Waals surface area contributed by atoms with Crippen molar-refractivity contribution in [2.75, 3.05) is 0 Å². The highest BCUT2D eigenvalue weighted by molar-refractivity contribution is 6.32. The van der Waals surface area contributed by atoms with Gasteiger partial charge in [0, 0.05) is 6.07 Å². The molecule has 0 amide bonds. The van der Waals surface area contributed by atoms with Crippen molar-refractivity contribution in [2.45, 2.75) is 32.8 Å². The third-order valence-corrected chi connectivity index (χ3v) is 4.82. The van der Waals surface area contributed by atoms with Gasteiger partial charge < -0.3 is 4.74 Å². The molecule has 102 valence electrons. The maximum atomic E-state index is 13.7. The van der Waals surface area contributed by atoms with Crippen LogP contribution in [0.1, 0.15) is 37.0 Å². The first kappa shape index (κ1) is 12.9. The topological polar surface area (TPSA) is 26.3 Å². The zero-order chi connectivity index (χ0) is 13.7. The van der Waals surface area contributed by atoms with Crippen molar-refractivity contribution in [1.29, 1.82) is 0 Å². The molecule has 2 atom stereocenters. The predicted molar refractivity (Wildman–Crippen MR) is 71.2 cm³/mol.